The predicted molar refractivity (Wildman–Crippen MR) is 245 cm³/mol. The predicted octanol–water partition coefficient (Wildman–Crippen LogP) is 14.1. The highest BCUT2D eigenvalue weighted by Crippen LogP contribution is 2.15. The van der Waals surface area contributed by atoms with E-state index < -0.39 is 18.2 Å². The molecular formula is C51H91NO5. The van der Waals surface area contributed by atoms with Crippen LogP contribution in [0.3, 0.4) is 0 Å². The number of aliphatic hydroxyl groups excluding tert-OH is 2. The van der Waals surface area contributed by atoms with Gasteiger partial charge in [0.1, 0.15) is 6.10 Å². The molecule has 330 valence electrons. The summed E-state index contributed by atoms with van der Waals surface area (Å²) in [4.78, 5) is 26.0. The van der Waals surface area contributed by atoms with Crippen molar-refractivity contribution in [3.63, 3.8) is 0 Å². The topological polar surface area (TPSA) is 95.9 Å². The van der Waals surface area contributed by atoms with Crippen molar-refractivity contribution in [1.82, 2.24) is 5.32 Å². The van der Waals surface area contributed by atoms with Gasteiger partial charge < -0.3 is 20.3 Å². The van der Waals surface area contributed by atoms with Crippen molar-refractivity contribution in [1.29, 1.82) is 0 Å². The number of allylic oxidation sites excluding steroid dienone is 9. The third-order valence-electron chi connectivity index (χ3n) is 10.6. The zero-order valence-electron chi connectivity index (χ0n) is 37.5. The number of unbranched alkanes of at least 4 members (excludes halogenated alkanes) is 21. The van der Waals surface area contributed by atoms with Gasteiger partial charge in [-0.15, -0.1) is 0 Å². The Hall–Kier alpha value is -2.44. The Labute approximate surface area is 352 Å². The molecule has 3 unspecified atom stereocenters. The molecule has 0 aliphatic heterocycles. The first-order valence-electron chi connectivity index (χ1n) is 24.0. The van der Waals surface area contributed by atoms with Gasteiger partial charge in [0.25, 0.3) is 0 Å². The van der Waals surface area contributed by atoms with E-state index in [0.717, 1.165) is 70.6 Å². The maximum Gasteiger partial charge on any atom is 0.306 e. The van der Waals surface area contributed by atoms with Gasteiger partial charge in [0, 0.05) is 12.8 Å². The summed E-state index contributed by atoms with van der Waals surface area (Å²) in [6.07, 6.45) is 54.4. The van der Waals surface area contributed by atoms with Gasteiger partial charge in [-0.2, -0.15) is 0 Å². The second kappa shape index (κ2) is 44.7. The quantitative estimate of drug-likeness (QED) is 0.0325. The van der Waals surface area contributed by atoms with Gasteiger partial charge in [-0.3, -0.25) is 9.59 Å². The van der Waals surface area contributed by atoms with Crippen LogP contribution in [0.4, 0.5) is 0 Å². The Kier molecular flexibility index (Phi) is 42.7. The fourth-order valence-corrected chi connectivity index (χ4v) is 6.87. The number of aliphatic hydroxyl groups is 2. The van der Waals surface area contributed by atoms with Gasteiger partial charge in [-0.1, -0.05) is 197 Å². The van der Waals surface area contributed by atoms with Crippen molar-refractivity contribution in [3.05, 3.63) is 60.8 Å². The Morgan fingerprint density at radius 3 is 1.46 bits per heavy atom. The second-order valence-electron chi connectivity index (χ2n) is 16.2. The molecule has 0 spiro atoms. The molecule has 0 saturated heterocycles. The lowest BCUT2D eigenvalue weighted by Gasteiger charge is -2.24. The smallest absolute Gasteiger partial charge is 0.306 e. The van der Waals surface area contributed by atoms with E-state index in [2.05, 4.69) is 74.7 Å². The molecule has 0 fully saturated rings. The number of carbonyl (C=O) groups is 2. The summed E-state index contributed by atoms with van der Waals surface area (Å²) in [5.74, 6) is -0.598. The molecule has 0 bridgehead atoms. The standard InChI is InChI=1S/C51H91NO5/c1-4-7-10-13-16-19-22-24-25-27-28-30-33-36-39-42-47(57-51(56)44-41-38-35-32-29-26-23-20-17-14-11-8-5-2)45-50(55)52-48(46-53)49(54)43-40-37-34-31-21-18-15-12-9-6-3/h16,19,24-26,28-30,36,39,47-49,53-54H,4-15,17-18,20-23,27,31-35,37-38,40-46H2,1-3H3,(H,52,55)/b19-16-,25-24-,29-26-,30-28-,39-36-. The lowest BCUT2D eigenvalue weighted by atomic mass is 10.0. The average molecular weight is 798 g/mol. The second-order valence-corrected chi connectivity index (χ2v) is 16.2. The lowest BCUT2D eigenvalue weighted by Crippen LogP contribution is -2.46. The zero-order chi connectivity index (χ0) is 41.7. The molecular weight excluding hydrogens is 707 g/mol. The SMILES string of the molecule is CCCCC/C=C\C/C=C\C/C=C\C/C=C\CC(CC(=O)NC(CO)C(O)CCCCCCCCCCCC)OC(=O)CCCCC/C=C\CCCCCCCC. The minimum absolute atomic E-state index is 0.00532. The first-order chi connectivity index (χ1) is 28.0. The number of ether oxygens (including phenoxy) is 1. The van der Waals surface area contributed by atoms with Gasteiger partial charge in [0.2, 0.25) is 5.91 Å². The van der Waals surface area contributed by atoms with E-state index in [9.17, 15) is 19.8 Å². The Morgan fingerprint density at radius 2 is 0.930 bits per heavy atom. The van der Waals surface area contributed by atoms with Gasteiger partial charge in [0.15, 0.2) is 0 Å². The minimum Gasteiger partial charge on any atom is -0.461 e. The van der Waals surface area contributed by atoms with E-state index in [4.69, 9.17) is 4.74 Å². The summed E-state index contributed by atoms with van der Waals surface area (Å²) in [5, 5.41) is 23.6. The van der Waals surface area contributed by atoms with E-state index in [1.54, 1.807) is 0 Å². The summed E-state index contributed by atoms with van der Waals surface area (Å²) < 4.78 is 5.84. The third-order valence-corrected chi connectivity index (χ3v) is 10.6. The van der Waals surface area contributed by atoms with Crippen LogP contribution in [-0.4, -0.2) is 46.9 Å². The Balaban J connectivity index is 4.78. The molecule has 0 aliphatic rings. The lowest BCUT2D eigenvalue weighted by molar-refractivity contribution is -0.150. The van der Waals surface area contributed by atoms with Gasteiger partial charge in [-0.05, 0) is 70.6 Å². The summed E-state index contributed by atoms with van der Waals surface area (Å²) in [5.41, 5.74) is 0. The molecule has 6 heteroatoms. The van der Waals surface area contributed by atoms with Crippen LogP contribution in [0.5, 0.6) is 0 Å². The summed E-state index contributed by atoms with van der Waals surface area (Å²) in [7, 11) is 0. The summed E-state index contributed by atoms with van der Waals surface area (Å²) in [6, 6.07) is -0.733. The van der Waals surface area contributed by atoms with Crippen molar-refractivity contribution in [3.8, 4) is 0 Å². The molecule has 0 rings (SSSR count). The van der Waals surface area contributed by atoms with Gasteiger partial charge in [0.05, 0.1) is 25.2 Å². The molecule has 3 atom stereocenters. The van der Waals surface area contributed by atoms with Crippen molar-refractivity contribution in [2.24, 2.45) is 0 Å². The van der Waals surface area contributed by atoms with E-state index in [0.29, 0.717) is 19.3 Å². The number of carbonyl (C=O) groups excluding carboxylic acids is 2. The van der Waals surface area contributed by atoms with Gasteiger partial charge >= 0.3 is 5.97 Å². The molecule has 0 aromatic carbocycles. The Bertz CT molecular complexity index is 1030. The summed E-state index contributed by atoms with van der Waals surface area (Å²) in [6.45, 7) is 6.39. The zero-order valence-corrected chi connectivity index (χ0v) is 37.5. The van der Waals surface area contributed by atoms with E-state index >= 15 is 0 Å². The molecule has 57 heavy (non-hydrogen) atoms. The average Bonchev–Trinajstić information content (AvgIpc) is 3.20. The minimum atomic E-state index is -0.812. The maximum atomic E-state index is 13.1. The molecule has 0 radical (unpaired) electrons. The van der Waals surface area contributed by atoms with E-state index in [1.165, 1.54) is 109 Å². The van der Waals surface area contributed by atoms with Crippen molar-refractivity contribution in [2.75, 3.05) is 6.61 Å². The van der Waals surface area contributed by atoms with Crippen molar-refractivity contribution < 1.29 is 24.5 Å². The number of amides is 1. The van der Waals surface area contributed by atoms with Crippen LogP contribution in [0, 0.1) is 0 Å². The summed E-state index contributed by atoms with van der Waals surface area (Å²) >= 11 is 0. The van der Waals surface area contributed by atoms with Crippen LogP contribution in [0.1, 0.15) is 226 Å². The number of hydrogen-bond acceptors (Lipinski definition) is 5. The highest BCUT2D eigenvalue weighted by atomic mass is 16.5. The Morgan fingerprint density at radius 1 is 0.526 bits per heavy atom. The number of hydrogen-bond donors (Lipinski definition) is 3. The highest BCUT2D eigenvalue weighted by Gasteiger charge is 2.23. The fourth-order valence-electron chi connectivity index (χ4n) is 6.87. The number of nitrogens with one attached hydrogen (secondary N) is 1. The molecule has 0 aromatic rings. The largest absolute Gasteiger partial charge is 0.461 e. The van der Waals surface area contributed by atoms with Crippen LogP contribution >= 0.6 is 0 Å². The number of rotatable bonds is 42. The number of esters is 1. The third kappa shape index (κ3) is 40.1. The van der Waals surface area contributed by atoms with E-state index in [1.807, 2.05) is 12.2 Å². The van der Waals surface area contributed by atoms with Gasteiger partial charge in [-0.25, -0.2) is 0 Å². The van der Waals surface area contributed by atoms with Crippen LogP contribution in [0.25, 0.3) is 0 Å². The van der Waals surface area contributed by atoms with Crippen LogP contribution < -0.4 is 5.32 Å². The monoisotopic (exact) mass is 798 g/mol. The molecule has 1 amide bonds. The maximum absolute atomic E-state index is 13.1. The van der Waals surface area contributed by atoms with Crippen molar-refractivity contribution in [2.45, 2.75) is 244 Å². The van der Waals surface area contributed by atoms with Crippen molar-refractivity contribution >= 4 is 11.9 Å². The first kappa shape index (κ1) is 54.6. The van der Waals surface area contributed by atoms with Crippen LogP contribution in [-0.2, 0) is 14.3 Å². The molecule has 3 N–H and O–H groups in total. The molecule has 0 saturated carbocycles. The normalized spacial score (nSPS) is 13.8. The van der Waals surface area contributed by atoms with E-state index in [-0.39, 0.29) is 24.9 Å². The highest BCUT2D eigenvalue weighted by molar-refractivity contribution is 5.77. The molecule has 6 nitrogen and oxygen atoms in total. The molecule has 0 aromatic heterocycles. The molecule has 0 aliphatic carbocycles. The molecule has 0 heterocycles. The fraction of sp³-hybridized carbons (Fsp3) is 0.765. The first-order valence-corrected chi connectivity index (χ1v) is 24.0. The van der Waals surface area contributed by atoms with Crippen LogP contribution in [0.15, 0.2) is 60.8 Å². The van der Waals surface area contributed by atoms with Crippen LogP contribution in [0.2, 0.25) is 0 Å².